The van der Waals surface area contributed by atoms with Crippen LogP contribution in [-0.2, 0) is 61.8 Å². The lowest BCUT2D eigenvalue weighted by molar-refractivity contribution is 0.0370. The van der Waals surface area contributed by atoms with Crippen molar-refractivity contribution in [2.24, 2.45) is 5.73 Å². The zero-order valence-corrected chi connectivity index (χ0v) is 36.8. The molecule has 3 unspecified atom stereocenters. The summed E-state index contributed by atoms with van der Waals surface area (Å²) in [4.78, 5) is 86.5. The Morgan fingerprint density at radius 1 is 0.932 bits per heavy atom. The summed E-state index contributed by atoms with van der Waals surface area (Å²) in [5.41, 5.74) is 3.38. The van der Waals surface area contributed by atoms with Gasteiger partial charge in [-0.05, 0) is 45.5 Å². The fourth-order valence-corrected chi connectivity index (χ4v) is 9.17. The van der Waals surface area contributed by atoms with Crippen LogP contribution in [0.1, 0.15) is 45.1 Å². The number of aryl methyl sites for hydroxylation is 1. The number of aromatic nitrogens is 2. The number of methoxy groups -OCH3 is 1. The van der Waals surface area contributed by atoms with Crippen molar-refractivity contribution in [1.82, 2.24) is 20.2 Å². The van der Waals surface area contributed by atoms with Gasteiger partial charge in [0.25, 0.3) is 5.56 Å². The minimum atomic E-state index is -5.72. The summed E-state index contributed by atoms with van der Waals surface area (Å²) < 4.78 is 78.2. The Hall–Kier alpha value is -2.31. The maximum Gasteiger partial charge on any atom is 0.490 e. The number of carbonyl (C=O) groups excluding carboxylic acids is 2. The second-order valence-corrected chi connectivity index (χ2v) is 19.4. The highest BCUT2D eigenvalue weighted by Gasteiger charge is 2.41. The molecule has 0 aliphatic heterocycles. The number of amides is 2. The van der Waals surface area contributed by atoms with Crippen LogP contribution in [0.15, 0.2) is 15.8 Å². The number of ether oxygens (including phenoxy) is 6. The number of phosphoric acid groups is 3. The van der Waals surface area contributed by atoms with Crippen LogP contribution in [0.4, 0.5) is 9.59 Å². The van der Waals surface area contributed by atoms with Crippen LogP contribution in [0.2, 0.25) is 0 Å². The number of nitrogens with two attached hydrogens (primary N) is 1. The van der Waals surface area contributed by atoms with Crippen molar-refractivity contribution in [2.75, 3.05) is 79.0 Å². The first-order chi connectivity index (χ1) is 27.7. The minimum Gasteiger partial charge on any atom is -0.450 e. The van der Waals surface area contributed by atoms with Crippen molar-refractivity contribution in [3.63, 3.8) is 0 Å². The van der Waals surface area contributed by atoms with Crippen molar-refractivity contribution < 1.29 is 84.4 Å². The van der Waals surface area contributed by atoms with Crippen LogP contribution >= 0.6 is 45.1 Å². The van der Waals surface area contributed by atoms with Crippen LogP contribution in [0.3, 0.4) is 0 Å². The van der Waals surface area contributed by atoms with E-state index in [0.29, 0.717) is 71.3 Å². The molecule has 340 valence electrons. The number of nitrogens with one attached hydrogen (secondary N) is 3. The van der Waals surface area contributed by atoms with E-state index >= 15 is 0 Å². The second kappa shape index (κ2) is 29.1. The van der Waals surface area contributed by atoms with Gasteiger partial charge in [0.2, 0.25) is 0 Å². The van der Waals surface area contributed by atoms with Gasteiger partial charge >= 0.3 is 41.3 Å². The molecule has 30 heteroatoms. The molecule has 0 bridgehead atoms. The van der Waals surface area contributed by atoms with Gasteiger partial charge in [0, 0.05) is 50.3 Å². The molecule has 1 heterocycles. The molecule has 59 heavy (non-hydrogen) atoms. The van der Waals surface area contributed by atoms with E-state index in [4.69, 9.17) is 43.9 Å². The number of alkyl carbamates (subject to hydrolysis) is 2. The third-order valence-electron chi connectivity index (χ3n) is 6.66. The van der Waals surface area contributed by atoms with Gasteiger partial charge in [0.1, 0.15) is 11.5 Å². The summed E-state index contributed by atoms with van der Waals surface area (Å²) in [7, 11) is -12.4. The molecule has 0 aliphatic rings. The molecule has 0 saturated heterocycles. The number of aromatic amines is 1. The van der Waals surface area contributed by atoms with Gasteiger partial charge in [0.15, 0.2) is 0 Å². The molecule has 1 aromatic rings. The van der Waals surface area contributed by atoms with Crippen molar-refractivity contribution in [1.29, 1.82) is 0 Å². The molecule has 3 atom stereocenters. The highest BCUT2D eigenvalue weighted by Crippen LogP contribution is 2.66. The lowest BCUT2D eigenvalue weighted by atomic mass is 10.1. The topological polar surface area (TPSA) is 354 Å². The average Bonchev–Trinajstić information content (AvgIpc) is 3.11. The fourth-order valence-electron chi connectivity index (χ4n) is 3.84. The van der Waals surface area contributed by atoms with Crippen LogP contribution in [0.5, 0.6) is 0 Å². The molecule has 0 saturated carbocycles. The molecular formula is C29H52N5O20P3S2. The maximum absolute atomic E-state index is 12.3. The summed E-state index contributed by atoms with van der Waals surface area (Å²) in [5.74, 6) is 2.80. The van der Waals surface area contributed by atoms with Gasteiger partial charge in [-0.1, -0.05) is 21.6 Å². The van der Waals surface area contributed by atoms with Gasteiger partial charge in [-0.2, -0.15) is 8.62 Å². The predicted molar refractivity (Wildman–Crippen MR) is 212 cm³/mol. The lowest BCUT2D eigenvalue weighted by Crippen LogP contribution is -2.32. The first kappa shape index (κ1) is 54.7. The van der Waals surface area contributed by atoms with E-state index in [1.807, 2.05) is 18.8 Å². The van der Waals surface area contributed by atoms with Gasteiger partial charge in [-0.15, -0.1) is 0 Å². The lowest BCUT2D eigenvalue weighted by Gasteiger charge is -2.22. The normalized spacial score (nSPS) is 14.3. The van der Waals surface area contributed by atoms with E-state index in [-0.39, 0.29) is 36.5 Å². The molecule has 2 amide bonds. The van der Waals surface area contributed by atoms with Crippen molar-refractivity contribution in [2.45, 2.75) is 56.9 Å². The number of hydrogen-bond acceptors (Lipinski definition) is 19. The van der Waals surface area contributed by atoms with E-state index in [1.165, 1.54) is 10.8 Å². The Morgan fingerprint density at radius 2 is 1.61 bits per heavy atom. The van der Waals surface area contributed by atoms with Gasteiger partial charge in [-0.3, -0.25) is 18.9 Å². The summed E-state index contributed by atoms with van der Waals surface area (Å²) in [6.07, 6.45) is 0.230. The van der Waals surface area contributed by atoms with Crippen molar-refractivity contribution >= 4 is 57.2 Å². The molecule has 1 rings (SSSR count). The highest BCUT2D eigenvalue weighted by atomic mass is 33.1. The average molecular weight is 948 g/mol. The molecule has 0 aliphatic carbocycles. The van der Waals surface area contributed by atoms with Crippen molar-refractivity contribution in [3.05, 3.63) is 32.6 Å². The molecule has 25 nitrogen and oxygen atoms in total. The van der Waals surface area contributed by atoms with Crippen molar-refractivity contribution in [3.8, 4) is 12.0 Å². The highest BCUT2D eigenvalue weighted by molar-refractivity contribution is 8.77. The summed E-state index contributed by atoms with van der Waals surface area (Å²) in [6, 6.07) is 2.26. The zero-order chi connectivity index (χ0) is 44.4. The van der Waals surface area contributed by atoms with E-state index in [9.17, 15) is 42.7 Å². The minimum absolute atomic E-state index is 0.0603. The van der Waals surface area contributed by atoms with Crippen LogP contribution < -0.4 is 27.6 Å². The number of rotatable bonds is 31. The summed E-state index contributed by atoms with van der Waals surface area (Å²) in [6.45, 7) is 6.26. The van der Waals surface area contributed by atoms with E-state index < -0.39 is 59.6 Å². The zero-order valence-electron chi connectivity index (χ0n) is 32.5. The fraction of sp³-hybridized carbons (Fsp3) is 0.724. The Balaban J connectivity index is 2.31. The number of unbranched alkanes of at least 4 members (excludes halogenated alkanes) is 1. The third kappa shape index (κ3) is 28.8. The number of hydrogen-bond donors (Lipinski definition) is 8. The first-order valence-corrected chi connectivity index (χ1v) is 24.2. The van der Waals surface area contributed by atoms with Gasteiger partial charge in [0.05, 0.1) is 52.4 Å². The molecule has 0 fully saturated rings. The monoisotopic (exact) mass is 947 g/mol. The third-order valence-corrected chi connectivity index (χ3v) is 13.5. The Morgan fingerprint density at radius 3 is 2.29 bits per heavy atom. The molecular weight excluding hydrogens is 895 g/mol. The van der Waals surface area contributed by atoms with Crippen LogP contribution in [0, 0.1) is 12.0 Å². The predicted octanol–water partition coefficient (Wildman–Crippen LogP) is 1.34. The van der Waals surface area contributed by atoms with Gasteiger partial charge < -0.3 is 59.0 Å². The number of nitrogens with zero attached hydrogens (tertiary/aromatic N) is 1. The number of carbonyl (C=O) groups is 2. The number of H-pyrrole nitrogens is 1. The summed E-state index contributed by atoms with van der Waals surface area (Å²) >= 11 is 0. The van der Waals surface area contributed by atoms with Gasteiger partial charge in [-0.25, -0.2) is 33.4 Å². The van der Waals surface area contributed by atoms with E-state index in [1.54, 1.807) is 10.8 Å². The summed E-state index contributed by atoms with van der Waals surface area (Å²) in [5, 5.41) is 4.77. The van der Waals surface area contributed by atoms with E-state index in [0.717, 1.165) is 17.9 Å². The molecule has 9 N–H and O–H groups in total. The second-order valence-electron chi connectivity index (χ2n) is 12.1. The SMILES string of the molecule is COC(CCn1cc(C#CNC(=O)OCCCCOCSSC(C)(C)CCOC(=O)NCCOCCOCCN)c(=O)[nH]c1=O)COP(=O)(O)OP(=O)(O)OP(=O)(O)O. The standard InChI is InChI=1S/C29H52N5O20P3S2/c1-29(2,8-15-51-28(38)32-11-17-48-19-18-47-16-9-30)59-58-22-49-13-4-5-14-50-27(37)31-10-6-23-20-34(26(36)33-25(23)35)12-7-24(46-3)21-52-56(42,43)54-57(44,45)53-55(39,40)41/h20,24H,4-5,7-9,11-19,21-22,30H2,1-3H3,(H,31,37)(H,32,38)(H,42,43)(H,44,45)(H,33,35,36)(H2,39,40,41). The Kier molecular flexibility index (Phi) is 27.0. The molecule has 0 radical (unpaired) electrons. The maximum atomic E-state index is 12.3. The van der Waals surface area contributed by atoms with E-state index in [2.05, 4.69) is 35.7 Å². The Labute approximate surface area is 347 Å². The smallest absolute Gasteiger partial charge is 0.450 e. The largest absolute Gasteiger partial charge is 0.490 e. The molecule has 0 spiro atoms. The quantitative estimate of drug-likeness (QED) is 0.0130. The molecule has 1 aromatic heterocycles. The first-order valence-electron chi connectivity index (χ1n) is 17.4. The number of phosphoric ester groups is 1. The Bertz CT molecular complexity index is 1750. The van der Waals surface area contributed by atoms with Crippen LogP contribution in [0.25, 0.3) is 0 Å². The molecule has 0 aromatic carbocycles. The van der Waals surface area contributed by atoms with Crippen LogP contribution in [-0.4, -0.2) is 131 Å².